The lowest BCUT2D eigenvalue weighted by molar-refractivity contribution is -0.0214. The van der Waals surface area contributed by atoms with Crippen LogP contribution in [0.3, 0.4) is 0 Å². The fourth-order valence-corrected chi connectivity index (χ4v) is 12.3. The largest absolute Gasteiger partial charge is 0.382 e. The molecule has 136 valence electrons. The predicted molar refractivity (Wildman–Crippen MR) is 103 cm³/mol. The Morgan fingerprint density at radius 1 is 1.44 bits per heavy atom. The quantitative estimate of drug-likeness (QED) is 0.748. The molecule has 0 spiro atoms. The molecule has 2 aliphatic heterocycles. The Hall–Kier alpha value is -0.450. The lowest BCUT2D eigenvalue weighted by Crippen LogP contribution is -2.30. The molecule has 0 saturated carbocycles. The van der Waals surface area contributed by atoms with E-state index in [2.05, 4.69) is 15.0 Å². The average Bonchev–Trinajstić information content (AvgIpc) is 3.28. The summed E-state index contributed by atoms with van der Waals surface area (Å²) < 4.78 is 26.8. The third-order valence-electron chi connectivity index (χ3n) is 4.16. The number of hydrogen-bond donors (Lipinski definition) is 1. The lowest BCUT2D eigenvalue weighted by Gasteiger charge is -2.24. The highest BCUT2D eigenvalue weighted by molar-refractivity contribution is 9.00. The van der Waals surface area contributed by atoms with Crippen molar-refractivity contribution in [3.8, 4) is 0 Å². The van der Waals surface area contributed by atoms with E-state index in [9.17, 15) is 0 Å². The molecule has 0 unspecified atom stereocenters. The topological polar surface area (TPSA) is 88.1 Å². The molecule has 0 amide bonds. The molecular weight excluding hydrogens is 404 g/mol. The van der Waals surface area contributed by atoms with Crippen molar-refractivity contribution in [1.29, 1.82) is 0 Å². The van der Waals surface area contributed by atoms with E-state index < -0.39 is 23.2 Å². The predicted octanol–water partition coefficient (Wildman–Crippen LogP) is 3.14. The van der Waals surface area contributed by atoms with Crippen LogP contribution in [0.4, 0.5) is 10.2 Å². The van der Waals surface area contributed by atoms with Gasteiger partial charge in [-0.05, 0) is 18.2 Å². The van der Waals surface area contributed by atoms with E-state index in [4.69, 9.17) is 26.8 Å². The van der Waals surface area contributed by atoms with Gasteiger partial charge >= 0.3 is 0 Å². The number of aromatic nitrogens is 4. The first-order valence-corrected chi connectivity index (χ1v) is 13.7. The number of alkyl halides is 1. The van der Waals surface area contributed by atoms with Gasteiger partial charge in [0.05, 0.1) is 12.4 Å². The molecule has 2 aliphatic rings. The molecule has 12 heteroatoms. The first-order chi connectivity index (χ1) is 12.0. The number of halogens is 1. The Morgan fingerprint density at radius 3 is 2.92 bits per heavy atom. The van der Waals surface area contributed by atoms with Gasteiger partial charge in [-0.1, -0.05) is 29.7 Å². The first-order valence-electron chi connectivity index (χ1n) is 7.82. The zero-order chi connectivity index (χ0) is 17.6. The summed E-state index contributed by atoms with van der Waals surface area (Å²) >= 11 is 8.90. The van der Waals surface area contributed by atoms with Gasteiger partial charge in [-0.15, -0.1) is 0 Å². The Morgan fingerprint density at radius 2 is 2.20 bits per heavy atom. The summed E-state index contributed by atoms with van der Waals surface area (Å²) in [5, 5.41) is 0. The smallest absolute Gasteiger partial charge is 0.175 e. The molecule has 4 rings (SSSR count). The summed E-state index contributed by atoms with van der Waals surface area (Å²) in [7, 11) is 0. The SMILES string of the molecule is CC[C@H]1O[C@@H](n2cnc3c(N)ncnc32)[C@H](F)[C@@H]1OP1(=S)SCCS1. The molecule has 7 nitrogen and oxygen atoms in total. The van der Waals surface area contributed by atoms with Gasteiger partial charge < -0.3 is 15.0 Å². The van der Waals surface area contributed by atoms with Crippen LogP contribution in [0.1, 0.15) is 19.6 Å². The molecule has 0 aromatic carbocycles. The molecule has 0 radical (unpaired) electrons. The first kappa shape index (κ1) is 17.9. The van der Waals surface area contributed by atoms with Crippen molar-refractivity contribution in [2.75, 3.05) is 17.2 Å². The molecule has 25 heavy (non-hydrogen) atoms. The van der Waals surface area contributed by atoms with E-state index in [1.54, 1.807) is 27.3 Å². The molecule has 0 aliphatic carbocycles. The normalized spacial score (nSPS) is 31.8. The van der Waals surface area contributed by atoms with Crippen LogP contribution >= 0.6 is 27.4 Å². The minimum absolute atomic E-state index is 0.256. The summed E-state index contributed by atoms with van der Waals surface area (Å²) in [5.41, 5.74) is 6.69. The highest BCUT2D eigenvalue weighted by Gasteiger charge is 2.49. The molecular formula is C13H17FN5O2PS3. The zero-order valence-corrected chi connectivity index (χ0v) is 16.7. The minimum Gasteiger partial charge on any atom is -0.382 e. The molecule has 2 aromatic heterocycles. The van der Waals surface area contributed by atoms with E-state index in [-0.39, 0.29) is 11.9 Å². The van der Waals surface area contributed by atoms with Gasteiger partial charge in [-0.3, -0.25) is 4.57 Å². The second-order valence-corrected chi connectivity index (χ2v) is 16.4. The third kappa shape index (κ3) is 3.19. The van der Waals surface area contributed by atoms with Crippen molar-refractivity contribution < 1.29 is 13.7 Å². The van der Waals surface area contributed by atoms with Crippen molar-refractivity contribution >= 4 is 56.2 Å². The van der Waals surface area contributed by atoms with Crippen LogP contribution in [0, 0.1) is 0 Å². The Balaban J connectivity index is 1.64. The van der Waals surface area contributed by atoms with Gasteiger partial charge in [0.1, 0.15) is 17.9 Å². The van der Waals surface area contributed by atoms with Gasteiger partial charge in [0.25, 0.3) is 0 Å². The summed E-state index contributed by atoms with van der Waals surface area (Å²) in [6.07, 6.45) is 0.177. The number of nitrogens with zero attached hydrogens (tertiary/aromatic N) is 4. The van der Waals surface area contributed by atoms with Crippen LogP contribution in [0.5, 0.6) is 0 Å². The van der Waals surface area contributed by atoms with Crippen LogP contribution < -0.4 is 5.73 Å². The van der Waals surface area contributed by atoms with E-state index in [1.165, 1.54) is 12.7 Å². The van der Waals surface area contributed by atoms with E-state index in [0.29, 0.717) is 17.6 Å². The highest BCUT2D eigenvalue weighted by Crippen LogP contribution is 2.75. The molecule has 4 atom stereocenters. The number of nitrogens with two attached hydrogens (primary N) is 1. The number of anilines is 1. The fourth-order valence-electron chi connectivity index (χ4n) is 2.97. The minimum atomic E-state index is -2.09. The summed E-state index contributed by atoms with van der Waals surface area (Å²) in [6.45, 7) is 1.95. The van der Waals surface area contributed by atoms with Crippen LogP contribution in [-0.2, 0) is 21.1 Å². The van der Waals surface area contributed by atoms with Gasteiger partial charge in [0.15, 0.2) is 28.5 Å². The second kappa shape index (κ2) is 6.94. The monoisotopic (exact) mass is 421 g/mol. The highest BCUT2D eigenvalue weighted by atomic mass is 33.2. The van der Waals surface area contributed by atoms with E-state index in [1.807, 2.05) is 6.92 Å². The maximum Gasteiger partial charge on any atom is 0.175 e. The lowest BCUT2D eigenvalue weighted by atomic mass is 10.1. The van der Waals surface area contributed by atoms with Crippen LogP contribution in [0.2, 0.25) is 0 Å². The van der Waals surface area contributed by atoms with Crippen molar-refractivity contribution in [3.05, 3.63) is 12.7 Å². The average molecular weight is 421 g/mol. The number of imidazole rings is 1. The van der Waals surface area contributed by atoms with Gasteiger partial charge in [-0.2, -0.15) is 0 Å². The standard InChI is InChI=1S/C13H17FN5O2PS3/c1-2-7-10(21-22(23)24-3-4-25-22)8(14)13(20-7)19-6-18-9-11(15)16-5-17-12(9)19/h5-8,10,13H,2-4H2,1H3,(H2,15,16,17)/t7-,8-,10-,13-/m1/s1. The number of rotatable bonds is 4. The van der Waals surface area contributed by atoms with Crippen molar-refractivity contribution in [1.82, 2.24) is 19.5 Å². The molecule has 0 bridgehead atoms. The summed E-state index contributed by atoms with van der Waals surface area (Å²) in [5.74, 6) is 2.16. The van der Waals surface area contributed by atoms with Gasteiger partial charge in [-0.25, -0.2) is 19.3 Å². The van der Waals surface area contributed by atoms with Crippen LogP contribution in [-0.4, -0.2) is 49.4 Å². The van der Waals surface area contributed by atoms with Crippen molar-refractivity contribution in [2.45, 2.75) is 38.0 Å². The summed E-state index contributed by atoms with van der Waals surface area (Å²) in [6, 6.07) is 0. The van der Waals surface area contributed by atoms with Gasteiger partial charge in [0.2, 0.25) is 0 Å². The maximum absolute atomic E-state index is 15.3. The molecule has 2 aromatic rings. The summed E-state index contributed by atoms with van der Waals surface area (Å²) in [4.78, 5) is 12.3. The molecule has 2 saturated heterocycles. The number of ether oxygens (including phenoxy) is 1. The van der Waals surface area contributed by atoms with Crippen molar-refractivity contribution in [3.63, 3.8) is 0 Å². The Kier molecular flexibility index (Phi) is 4.98. The van der Waals surface area contributed by atoms with E-state index in [0.717, 1.165) is 11.5 Å². The van der Waals surface area contributed by atoms with Crippen LogP contribution in [0.15, 0.2) is 12.7 Å². The third-order valence-corrected chi connectivity index (χ3v) is 13.9. The maximum atomic E-state index is 15.3. The van der Waals surface area contributed by atoms with Gasteiger partial charge in [0, 0.05) is 11.5 Å². The fraction of sp³-hybridized carbons (Fsp3) is 0.615. The zero-order valence-electron chi connectivity index (χ0n) is 13.3. The van der Waals surface area contributed by atoms with Crippen molar-refractivity contribution in [2.24, 2.45) is 0 Å². The molecule has 4 heterocycles. The number of nitrogen functional groups attached to an aromatic ring is 1. The Bertz CT molecular complexity index is 829. The Labute approximate surface area is 157 Å². The second-order valence-electron chi connectivity index (χ2n) is 5.68. The number of hydrogen-bond acceptors (Lipinski definition) is 9. The van der Waals surface area contributed by atoms with Crippen LogP contribution in [0.25, 0.3) is 11.2 Å². The van der Waals surface area contributed by atoms with E-state index >= 15 is 4.39 Å². The number of fused-ring (bicyclic) bond motifs is 1. The molecule has 2 N–H and O–H groups in total. The molecule has 2 fully saturated rings.